The molecule has 0 aromatic heterocycles. The SMILES string of the molecule is CN(C)CCNC(=O)c1ccc(O)c2c1CC1C[C@H]3[C@H](N(C)C)C(O)=C(C(N)=O)C(=O)[C@@]3(O)C(O)=C1C2=O. The summed E-state index contributed by atoms with van der Waals surface area (Å²) in [6.07, 6.45) is -0.0114. The number of primary amides is 1. The molecular formula is C26H32N4O8. The third kappa shape index (κ3) is 3.96. The average molecular weight is 529 g/mol. The van der Waals surface area contributed by atoms with Crippen molar-refractivity contribution >= 4 is 23.4 Å². The maximum Gasteiger partial charge on any atom is 0.255 e. The number of Topliss-reactive ketones (excluding diaryl/α,β-unsaturated/α-hetero) is 2. The first-order chi connectivity index (χ1) is 17.7. The van der Waals surface area contributed by atoms with Crippen molar-refractivity contribution in [3.63, 3.8) is 0 Å². The van der Waals surface area contributed by atoms with Gasteiger partial charge in [-0.1, -0.05) is 0 Å². The molecule has 0 aliphatic heterocycles. The van der Waals surface area contributed by atoms with E-state index in [9.17, 15) is 39.6 Å². The van der Waals surface area contributed by atoms with Crippen LogP contribution < -0.4 is 11.1 Å². The van der Waals surface area contributed by atoms with Crippen LogP contribution >= 0.6 is 0 Å². The number of aliphatic hydroxyl groups excluding tert-OH is 2. The number of phenolic OH excluding ortho intramolecular Hbond substituents is 1. The van der Waals surface area contributed by atoms with Crippen LogP contribution in [0.2, 0.25) is 0 Å². The van der Waals surface area contributed by atoms with Gasteiger partial charge in [0.2, 0.25) is 5.78 Å². The van der Waals surface area contributed by atoms with E-state index in [0.717, 1.165) is 0 Å². The molecule has 3 aliphatic carbocycles. The number of rotatable bonds is 6. The van der Waals surface area contributed by atoms with Gasteiger partial charge in [0.15, 0.2) is 11.4 Å². The molecular weight excluding hydrogens is 496 g/mol. The van der Waals surface area contributed by atoms with Gasteiger partial charge in [-0.2, -0.15) is 0 Å². The van der Waals surface area contributed by atoms with E-state index < -0.39 is 69.7 Å². The number of carbonyl (C=O) groups excluding carboxylic acids is 4. The molecule has 1 aromatic rings. The Morgan fingerprint density at radius 1 is 1.13 bits per heavy atom. The third-order valence-corrected chi connectivity index (χ3v) is 7.70. The second-order valence-corrected chi connectivity index (χ2v) is 10.5. The van der Waals surface area contributed by atoms with Crippen molar-refractivity contribution in [1.82, 2.24) is 15.1 Å². The summed E-state index contributed by atoms with van der Waals surface area (Å²) in [5, 5.41) is 47.1. The zero-order chi connectivity index (χ0) is 28.3. The number of carbonyl (C=O) groups is 4. The standard InChI is InChI=1S/C26H32N4O8/c1-29(2)8-7-28-25(37)12-5-6-15(31)17-13(12)9-11-10-14-19(30(3)4)21(33)18(24(27)36)23(35)26(14,38)22(34)16(11)20(17)32/h5-6,11,14,19,31,33-34,38H,7-10H2,1-4H3,(H2,27,36)(H,28,37)/t11?,14-,19-,26-/m0/s1. The highest BCUT2D eigenvalue weighted by Crippen LogP contribution is 2.52. The molecule has 0 saturated carbocycles. The fourth-order valence-corrected chi connectivity index (χ4v) is 5.95. The molecule has 0 fully saturated rings. The molecule has 0 heterocycles. The van der Waals surface area contributed by atoms with Crippen LogP contribution in [0.5, 0.6) is 5.75 Å². The summed E-state index contributed by atoms with van der Waals surface area (Å²) >= 11 is 0. The topological polar surface area (TPSA) is 194 Å². The predicted molar refractivity (Wildman–Crippen MR) is 135 cm³/mol. The number of nitrogens with one attached hydrogen (secondary N) is 1. The minimum absolute atomic E-state index is 0.0410. The third-order valence-electron chi connectivity index (χ3n) is 7.70. The molecule has 4 rings (SSSR count). The fraction of sp³-hybridized carbons (Fsp3) is 0.462. The minimum Gasteiger partial charge on any atom is -0.510 e. The summed E-state index contributed by atoms with van der Waals surface area (Å²) in [5.41, 5.74) is 1.75. The number of hydrogen-bond donors (Lipinski definition) is 6. The van der Waals surface area contributed by atoms with Crippen LogP contribution in [0.1, 0.15) is 32.7 Å². The molecule has 12 heteroatoms. The highest BCUT2D eigenvalue weighted by atomic mass is 16.3. The van der Waals surface area contributed by atoms with E-state index >= 15 is 0 Å². The van der Waals surface area contributed by atoms with Gasteiger partial charge < -0.3 is 36.4 Å². The zero-order valence-electron chi connectivity index (χ0n) is 21.6. The number of allylic oxidation sites excluding steroid dienone is 1. The Labute approximate surface area is 219 Å². The van der Waals surface area contributed by atoms with E-state index in [0.29, 0.717) is 13.1 Å². The van der Waals surface area contributed by atoms with Crippen LogP contribution in [0.3, 0.4) is 0 Å². The summed E-state index contributed by atoms with van der Waals surface area (Å²) < 4.78 is 0. The van der Waals surface area contributed by atoms with Crippen LogP contribution in [0, 0.1) is 11.8 Å². The average Bonchev–Trinajstić information content (AvgIpc) is 2.80. The monoisotopic (exact) mass is 528 g/mol. The number of likely N-dealkylation sites (N-methyl/N-ethyl adjacent to an activating group) is 2. The minimum atomic E-state index is -2.71. The Hall–Kier alpha value is -3.74. The molecule has 0 bridgehead atoms. The van der Waals surface area contributed by atoms with Gasteiger partial charge in [-0.3, -0.25) is 24.1 Å². The largest absolute Gasteiger partial charge is 0.510 e. The first-order valence-corrected chi connectivity index (χ1v) is 12.2. The number of aromatic hydroxyl groups is 1. The van der Waals surface area contributed by atoms with Crippen LogP contribution in [0.15, 0.2) is 34.8 Å². The Kier molecular flexibility index (Phi) is 6.85. The Morgan fingerprint density at radius 2 is 1.79 bits per heavy atom. The van der Waals surface area contributed by atoms with E-state index in [1.54, 1.807) is 14.1 Å². The summed E-state index contributed by atoms with van der Waals surface area (Å²) in [6, 6.07) is 1.54. The zero-order valence-corrected chi connectivity index (χ0v) is 21.6. The molecule has 3 aliphatic rings. The van der Waals surface area contributed by atoms with Crippen molar-refractivity contribution in [2.45, 2.75) is 24.5 Å². The van der Waals surface area contributed by atoms with Gasteiger partial charge in [0, 0.05) is 30.1 Å². The molecule has 7 N–H and O–H groups in total. The number of amides is 2. The predicted octanol–water partition coefficient (Wildman–Crippen LogP) is -0.588. The number of nitrogens with zero attached hydrogens (tertiary/aromatic N) is 2. The van der Waals surface area contributed by atoms with Crippen molar-refractivity contribution in [3.05, 3.63) is 51.5 Å². The van der Waals surface area contributed by atoms with Gasteiger partial charge in [0.25, 0.3) is 11.8 Å². The molecule has 0 saturated heterocycles. The molecule has 1 aromatic carbocycles. The van der Waals surface area contributed by atoms with E-state index in [-0.39, 0.29) is 35.1 Å². The molecule has 0 radical (unpaired) electrons. The van der Waals surface area contributed by atoms with Crippen LogP contribution in [0.25, 0.3) is 0 Å². The highest BCUT2D eigenvalue weighted by Gasteiger charge is 2.63. The summed E-state index contributed by atoms with van der Waals surface area (Å²) in [4.78, 5) is 55.4. The molecule has 38 heavy (non-hydrogen) atoms. The second kappa shape index (κ2) is 9.53. The Morgan fingerprint density at radius 3 is 2.37 bits per heavy atom. The lowest BCUT2D eigenvalue weighted by Crippen LogP contribution is -2.63. The summed E-state index contributed by atoms with van der Waals surface area (Å²) in [6.45, 7) is 0.930. The smallest absolute Gasteiger partial charge is 0.255 e. The number of nitrogens with two attached hydrogens (primary N) is 1. The second-order valence-electron chi connectivity index (χ2n) is 10.5. The Bertz CT molecular complexity index is 1310. The lowest BCUT2D eigenvalue weighted by Gasteiger charge is -2.50. The van der Waals surface area contributed by atoms with E-state index in [2.05, 4.69) is 5.32 Å². The summed E-state index contributed by atoms with van der Waals surface area (Å²) in [5.74, 6) is -7.75. The molecule has 0 spiro atoms. The maximum absolute atomic E-state index is 13.7. The molecule has 4 atom stereocenters. The van der Waals surface area contributed by atoms with E-state index in [1.165, 1.54) is 17.0 Å². The highest BCUT2D eigenvalue weighted by molar-refractivity contribution is 6.25. The quantitative estimate of drug-likeness (QED) is 0.260. The van der Waals surface area contributed by atoms with Gasteiger partial charge in [-0.25, -0.2) is 0 Å². The van der Waals surface area contributed by atoms with Crippen molar-refractivity contribution < 1.29 is 39.6 Å². The first kappa shape index (κ1) is 27.3. The Balaban J connectivity index is 1.85. The van der Waals surface area contributed by atoms with Crippen LogP contribution in [-0.4, -0.2) is 107 Å². The number of hydrogen-bond acceptors (Lipinski definition) is 10. The van der Waals surface area contributed by atoms with Gasteiger partial charge in [-0.05, 0) is 64.6 Å². The van der Waals surface area contributed by atoms with Gasteiger partial charge in [0.1, 0.15) is 22.8 Å². The lowest BCUT2D eigenvalue weighted by molar-refractivity contribution is -0.148. The number of ketones is 2. The van der Waals surface area contributed by atoms with Crippen molar-refractivity contribution in [3.8, 4) is 5.75 Å². The summed E-state index contributed by atoms with van der Waals surface area (Å²) in [7, 11) is 6.82. The lowest BCUT2D eigenvalue weighted by atomic mass is 9.58. The molecule has 2 amide bonds. The maximum atomic E-state index is 13.7. The normalized spacial score (nSPS) is 26.9. The van der Waals surface area contributed by atoms with Crippen LogP contribution in [-0.2, 0) is 16.0 Å². The van der Waals surface area contributed by atoms with Crippen LogP contribution in [0.4, 0.5) is 0 Å². The van der Waals surface area contributed by atoms with E-state index in [4.69, 9.17) is 5.73 Å². The molecule has 204 valence electrons. The van der Waals surface area contributed by atoms with Crippen molar-refractivity contribution in [1.29, 1.82) is 0 Å². The first-order valence-electron chi connectivity index (χ1n) is 12.2. The number of phenols is 1. The number of benzene rings is 1. The van der Waals surface area contributed by atoms with Gasteiger partial charge in [-0.15, -0.1) is 0 Å². The van der Waals surface area contributed by atoms with Gasteiger partial charge in [0.05, 0.1) is 11.6 Å². The molecule has 12 nitrogen and oxygen atoms in total. The molecule has 1 unspecified atom stereocenters. The fourth-order valence-electron chi connectivity index (χ4n) is 5.95. The number of aliphatic hydroxyl groups is 3. The van der Waals surface area contributed by atoms with Gasteiger partial charge >= 0.3 is 0 Å². The van der Waals surface area contributed by atoms with Crippen molar-refractivity contribution in [2.24, 2.45) is 17.6 Å². The van der Waals surface area contributed by atoms with Crippen molar-refractivity contribution in [2.75, 3.05) is 41.3 Å². The van der Waals surface area contributed by atoms with E-state index in [1.807, 2.05) is 19.0 Å². The number of fused-ring (bicyclic) bond motifs is 3.